The first kappa shape index (κ1) is 12.1. The summed E-state index contributed by atoms with van der Waals surface area (Å²) in [5, 5.41) is 7.60. The Labute approximate surface area is 72.0 Å². The third kappa shape index (κ3) is 29.8. The van der Waals surface area contributed by atoms with Crippen molar-refractivity contribution in [3.63, 3.8) is 0 Å². The molecule has 5 heteroatoms. The Kier molecular flexibility index (Phi) is 15.1. The number of rotatable bonds is 2. The molecule has 4 nitrogen and oxygen atoms in total. The molecule has 0 radical (unpaired) electrons. The minimum absolute atomic E-state index is 0.278. The van der Waals surface area contributed by atoms with Gasteiger partial charge in [0, 0.05) is 0 Å². The van der Waals surface area contributed by atoms with Gasteiger partial charge in [0.2, 0.25) is 0 Å². The fourth-order valence-corrected chi connectivity index (χ4v) is 0. The van der Waals surface area contributed by atoms with Crippen LogP contribution in [-0.2, 0) is 4.79 Å². The summed E-state index contributed by atoms with van der Waals surface area (Å²) in [5.74, 6) is -0.968. The molecule has 0 saturated heterocycles. The number of hydrogen-bond donors (Lipinski definition) is 3. The van der Waals surface area contributed by atoms with Crippen LogP contribution < -0.4 is 11.5 Å². The Morgan fingerprint density at radius 3 is 1.78 bits per heavy atom. The van der Waals surface area contributed by atoms with Gasteiger partial charge < -0.3 is 10.8 Å². The summed E-state index contributed by atoms with van der Waals surface area (Å²) in [6, 6.07) is 0. The molecule has 0 bridgehead atoms. The van der Waals surface area contributed by atoms with Crippen molar-refractivity contribution in [1.29, 1.82) is 0 Å². The number of hydrogen-bond acceptors (Lipinski definition) is 3. The molecule has 0 atom stereocenters. The third-order valence-corrected chi connectivity index (χ3v) is 1.04. The summed E-state index contributed by atoms with van der Waals surface area (Å²) in [4.78, 5) is 9.24. The summed E-state index contributed by atoms with van der Waals surface area (Å²) in [6.07, 6.45) is 0. The van der Waals surface area contributed by atoms with Crippen molar-refractivity contribution in [3.8, 4) is 0 Å². The van der Waals surface area contributed by atoms with Crippen LogP contribution in [0.1, 0.15) is 0 Å². The van der Waals surface area contributed by atoms with Gasteiger partial charge in [0.15, 0.2) is 0 Å². The van der Waals surface area contributed by atoms with Gasteiger partial charge in [-0.2, -0.15) is 0 Å². The second-order valence-corrected chi connectivity index (χ2v) is 2.39. The predicted octanol–water partition coefficient (Wildman–Crippen LogP) is -1.44. The van der Waals surface area contributed by atoms with E-state index in [0.29, 0.717) is 0 Å². The van der Waals surface area contributed by atoms with Crippen molar-refractivity contribution in [1.82, 2.24) is 0 Å². The molecule has 0 fully saturated rings. The van der Waals surface area contributed by atoms with E-state index in [9.17, 15) is 4.79 Å². The fraction of sp³-hybridized carbons (Fsp3) is 0.750. The summed E-state index contributed by atoms with van der Waals surface area (Å²) in [7, 11) is 0. The van der Waals surface area contributed by atoms with E-state index in [2.05, 4.69) is 5.73 Å². The van der Waals surface area contributed by atoms with Gasteiger partial charge >= 0.3 is 49.8 Å². The Bertz CT molecular complexity index is 67.6. The molecule has 0 unspecified atom stereocenters. The van der Waals surface area contributed by atoms with Crippen LogP contribution in [-0.4, -0.2) is 52.1 Å². The third-order valence-electron chi connectivity index (χ3n) is 0.463. The molecule has 0 amide bonds. The number of carbonyl (C=O) groups is 1. The van der Waals surface area contributed by atoms with E-state index in [4.69, 9.17) is 10.8 Å². The molecule has 0 saturated carbocycles. The summed E-state index contributed by atoms with van der Waals surface area (Å²) in [6.45, 7) is 0.603. The molecule has 9 heavy (non-hydrogen) atoms. The van der Waals surface area contributed by atoms with Crippen LogP contribution in [0.5, 0.6) is 0 Å². The molecule has 50 valence electrons. The van der Waals surface area contributed by atoms with Crippen LogP contribution in [0.15, 0.2) is 0 Å². The van der Waals surface area contributed by atoms with E-state index in [0.717, 1.165) is 6.54 Å². The Morgan fingerprint density at radius 2 is 1.78 bits per heavy atom. The van der Waals surface area contributed by atoms with Crippen LogP contribution in [0.25, 0.3) is 0 Å². The Morgan fingerprint density at radius 1 is 1.56 bits per heavy atom. The molecule has 0 rings (SSSR count). The summed E-state index contributed by atoms with van der Waals surface area (Å²) >= 11 is 1.26. The van der Waals surface area contributed by atoms with Gasteiger partial charge in [-0.3, -0.25) is 4.79 Å². The van der Waals surface area contributed by atoms with E-state index in [-0.39, 0.29) is 6.54 Å². The van der Waals surface area contributed by atoms with Crippen LogP contribution in [0.2, 0.25) is 3.67 Å². The minimum atomic E-state index is -0.968. The van der Waals surface area contributed by atoms with Crippen molar-refractivity contribution < 1.29 is 9.90 Å². The van der Waals surface area contributed by atoms with Gasteiger partial charge in [-0.15, -0.1) is 0 Å². The first-order chi connectivity index (χ1) is 4.18. The molecular weight excluding hydrogens is 131 g/mol. The van der Waals surface area contributed by atoms with Crippen molar-refractivity contribution in [2.24, 2.45) is 11.5 Å². The molecule has 0 heterocycles. The summed E-state index contributed by atoms with van der Waals surface area (Å²) in [5.41, 5.74) is 9.63. The Balaban J connectivity index is 0. The van der Waals surface area contributed by atoms with E-state index in [1.807, 2.05) is 0 Å². The zero-order chi connectivity index (χ0) is 7.70. The van der Waals surface area contributed by atoms with Gasteiger partial charge in [-0.05, 0) is 0 Å². The topological polar surface area (TPSA) is 89.3 Å². The van der Waals surface area contributed by atoms with E-state index >= 15 is 0 Å². The zero-order valence-electron chi connectivity index (χ0n) is 5.63. The maximum atomic E-state index is 9.24. The predicted molar refractivity (Wildman–Crippen MR) is 36.3 cm³/mol. The maximum absolute atomic E-state index is 9.24. The van der Waals surface area contributed by atoms with E-state index in [1.54, 1.807) is 0 Å². The second kappa shape index (κ2) is 11.2. The first-order valence-corrected chi connectivity index (χ1v) is 4.22. The zero-order valence-corrected chi connectivity index (χ0v) is 7.63. The standard InChI is InChI=1S/C2H5NO2.C2H6N.Na/c3-1-2(4)5;1-2-3;/h1,3H2,(H,4,5);1-3H2;. The second-order valence-electron chi connectivity index (χ2n) is 1.39. The monoisotopic (exact) mass is 142 g/mol. The molecule has 0 aliphatic rings. The normalized spacial score (nSPS) is 7.56. The fourth-order valence-electron chi connectivity index (χ4n) is 0. The quantitative estimate of drug-likeness (QED) is 0.412. The summed E-state index contributed by atoms with van der Waals surface area (Å²) < 4.78 is 1.24. The average molecular weight is 142 g/mol. The molecule has 0 aromatic rings. The van der Waals surface area contributed by atoms with Crippen molar-refractivity contribution >= 4 is 33.9 Å². The van der Waals surface area contributed by atoms with Crippen molar-refractivity contribution in [2.45, 2.75) is 3.67 Å². The number of aliphatic carboxylic acids is 1. The molecular formula is C4H11N2NaO2. The van der Waals surface area contributed by atoms with Crippen LogP contribution in [0, 0.1) is 0 Å². The average Bonchev–Trinajstić information content (AvgIpc) is 1.89. The van der Waals surface area contributed by atoms with Crippen molar-refractivity contribution in [2.75, 3.05) is 13.1 Å². The van der Waals surface area contributed by atoms with Crippen molar-refractivity contribution in [3.05, 3.63) is 0 Å². The van der Waals surface area contributed by atoms with Crippen LogP contribution >= 0.6 is 0 Å². The molecule has 5 N–H and O–H groups in total. The number of carboxylic acids is 1. The molecule has 0 aromatic carbocycles. The van der Waals surface area contributed by atoms with Gasteiger partial charge in [0.1, 0.15) is 0 Å². The van der Waals surface area contributed by atoms with Crippen LogP contribution in [0.3, 0.4) is 0 Å². The SMILES string of the molecule is NCC(=O)O.NC[CH2][Na]. The first-order valence-electron chi connectivity index (χ1n) is 2.80. The van der Waals surface area contributed by atoms with Gasteiger partial charge in [0.25, 0.3) is 0 Å². The Hall–Kier alpha value is 0.390. The van der Waals surface area contributed by atoms with E-state index in [1.165, 1.54) is 31.6 Å². The number of nitrogens with two attached hydrogens (primary N) is 2. The van der Waals surface area contributed by atoms with Crippen LogP contribution in [0.4, 0.5) is 0 Å². The molecule has 0 aromatic heterocycles. The van der Waals surface area contributed by atoms with Gasteiger partial charge in [-0.1, -0.05) is 0 Å². The van der Waals surface area contributed by atoms with Gasteiger partial charge in [0.05, 0.1) is 6.54 Å². The van der Waals surface area contributed by atoms with Gasteiger partial charge in [-0.25, -0.2) is 0 Å². The number of carboxylic acid groups (broad SMARTS) is 1. The molecule has 0 spiro atoms. The molecule has 0 aliphatic carbocycles. The van der Waals surface area contributed by atoms with E-state index < -0.39 is 5.97 Å². The molecule has 0 aliphatic heterocycles.